The molecule has 3 unspecified atom stereocenters. The smallest absolute Gasteiger partial charge is 0.0637 e. The van der Waals surface area contributed by atoms with Gasteiger partial charge in [-0.1, -0.05) is 44.0 Å². The SMILES string of the molecule is CC1CCC(C)C(CN)(Nc2ccccc2Cl)C1. The highest BCUT2D eigenvalue weighted by Gasteiger charge is 2.39. The largest absolute Gasteiger partial charge is 0.377 e. The van der Waals surface area contributed by atoms with Gasteiger partial charge in [0.25, 0.3) is 0 Å². The molecule has 1 saturated carbocycles. The van der Waals surface area contributed by atoms with Gasteiger partial charge < -0.3 is 11.1 Å². The van der Waals surface area contributed by atoms with Crippen LogP contribution in [0.4, 0.5) is 5.69 Å². The van der Waals surface area contributed by atoms with Gasteiger partial charge in [-0.15, -0.1) is 0 Å². The number of halogens is 1. The molecule has 0 saturated heterocycles. The fourth-order valence-corrected chi connectivity index (χ4v) is 3.26. The fourth-order valence-electron chi connectivity index (χ4n) is 3.08. The second-order valence-electron chi connectivity index (χ2n) is 5.75. The lowest BCUT2D eigenvalue weighted by Gasteiger charge is -2.46. The molecule has 18 heavy (non-hydrogen) atoms. The van der Waals surface area contributed by atoms with E-state index in [0.717, 1.165) is 23.0 Å². The van der Waals surface area contributed by atoms with Crippen molar-refractivity contribution < 1.29 is 0 Å². The van der Waals surface area contributed by atoms with E-state index in [4.69, 9.17) is 17.3 Å². The molecule has 1 aromatic rings. The van der Waals surface area contributed by atoms with Crippen molar-refractivity contribution >= 4 is 17.3 Å². The second-order valence-corrected chi connectivity index (χ2v) is 6.16. The van der Waals surface area contributed by atoms with Crippen LogP contribution in [0, 0.1) is 11.8 Å². The lowest BCUT2D eigenvalue weighted by molar-refractivity contribution is 0.188. The summed E-state index contributed by atoms with van der Waals surface area (Å²) in [5.41, 5.74) is 7.08. The van der Waals surface area contributed by atoms with Crippen molar-refractivity contribution in [3.05, 3.63) is 29.3 Å². The molecule has 3 atom stereocenters. The number of hydrogen-bond acceptors (Lipinski definition) is 2. The molecule has 0 radical (unpaired) electrons. The van der Waals surface area contributed by atoms with Gasteiger partial charge in [0.2, 0.25) is 0 Å². The van der Waals surface area contributed by atoms with Crippen molar-refractivity contribution in [2.75, 3.05) is 11.9 Å². The van der Waals surface area contributed by atoms with Gasteiger partial charge in [0.1, 0.15) is 0 Å². The van der Waals surface area contributed by atoms with E-state index in [1.165, 1.54) is 12.8 Å². The number of para-hydroxylation sites is 1. The van der Waals surface area contributed by atoms with E-state index in [1.807, 2.05) is 24.3 Å². The molecule has 0 amide bonds. The molecule has 3 heteroatoms. The van der Waals surface area contributed by atoms with E-state index >= 15 is 0 Å². The van der Waals surface area contributed by atoms with E-state index in [-0.39, 0.29) is 5.54 Å². The molecule has 2 nitrogen and oxygen atoms in total. The van der Waals surface area contributed by atoms with Crippen LogP contribution in [0.25, 0.3) is 0 Å². The minimum absolute atomic E-state index is 0.0112. The first-order chi connectivity index (χ1) is 8.57. The minimum Gasteiger partial charge on any atom is -0.377 e. The summed E-state index contributed by atoms with van der Waals surface area (Å²) in [6.07, 6.45) is 3.65. The number of nitrogens with one attached hydrogen (secondary N) is 1. The Morgan fingerprint density at radius 1 is 1.33 bits per heavy atom. The molecule has 0 bridgehead atoms. The molecule has 0 aromatic heterocycles. The molecule has 1 aromatic carbocycles. The first-order valence-corrected chi connectivity index (χ1v) is 7.18. The second kappa shape index (κ2) is 5.50. The minimum atomic E-state index is -0.0112. The van der Waals surface area contributed by atoms with Gasteiger partial charge in [-0.05, 0) is 36.8 Å². The number of hydrogen-bond donors (Lipinski definition) is 2. The number of nitrogens with two attached hydrogens (primary N) is 1. The number of rotatable bonds is 3. The molecule has 0 spiro atoms. The van der Waals surface area contributed by atoms with Crippen LogP contribution in [0.5, 0.6) is 0 Å². The molecule has 0 aliphatic heterocycles. The van der Waals surface area contributed by atoms with Crippen molar-refractivity contribution in [1.29, 1.82) is 0 Å². The molecule has 3 N–H and O–H groups in total. The van der Waals surface area contributed by atoms with Crippen molar-refractivity contribution in [2.45, 2.75) is 38.6 Å². The highest BCUT2D eigenvalue weighted by molar-refractivity contribution is 6.33. The van der Waals surface area contributed by atoms with Crippen LogP contribution in [-0.4, -0.2) is 12.1 Å². The summed E-state index contributed by atoms with van der Waals surface area (Å²) < 4.78 is 0. The number of anilines is 1. The summed E-state index contributed by atoms with van der Waals surface area (Å²) >= 11 is 6.24. The van der Waals surface area contributed by atoms with Crippen LogP contribution in [-0.2, 0) is 0 Å². The Kier molecular flexibility index (Phi) is 4.18. The maximum atomic E-state index is 6.24. The third-order valence-corrected chi connectivity index (χ3v) is 4.70. The van der Waals surface area contributed by atoms with Crippen LogP contribution < -0.4 is 11.1 Å². The van der Waals surface area contributed by atoms with E-state index in [0.29, 0.717) is 12.5 Å². The standard InChI is InChI=1S/C15H23ClN2/c1-11-7-8-12(2)15(9-11,10-17)18-14-6-4-3-5-13(14)16/h3-6,11-12,18H,7-10,17H2,1-2H3. The van der Waals surface area contributed by atoms with Gasteiger partial charge in [-0.3, -0.25) is 0 Å². The summed E-state index contributed by atoms with van der Waals surface area (Å²) in [5.74, 6) is 1.30. The van der Waals surface area contributed by atoms with Crippen molar-refractivity contribution in [2.24, 2.45) is 17.6 Å². The normalized spacial score (nSPS) is 32.2. The lowest BCUT2D eigenvalue weighted by atomic mass is 9.69. The van der Waals surface area contributed by atoms with Gasteiger partial charge in [0.05, 0.1) is 16.2 Å². The van der Waals surface area contributed by atoms with Crippen LogP contribution >= 0.6 is 11.6 Å². The maximum Gasteiger partial charge on any atom is 0.0637 e. The summed E-state index contributed by atoms with van der Waals surface area (Å²) in [7, 11) is 0. The molecule has 100 valence electrons. The maximum absolute atomic E-state index is 6.24. The van der Waals surface area contributed by atoms with Crippen molar-refractivity contribution in [3.63, 3.8) is 0 Å². The molecule has 1 fully saturated rings. The van der Waals surface area contributed by atoms with Crippen LogP contribution in [0.15, 0.2) is 24.3 Å². The molecular formula is C15H23ClN2. The Bertz CT molecular complexity index is 407. The molecular weight excluding hydrogens is 244 g/mol. The highest BCUT2D eigenvalue weighted by Crippen LogP contribution is 2.39. The third-order valence-electron chi connectivity index (χ3n) is 4.37. The Balaban J connectivity index is 2.24. The van der Waals surface area contributed by atoms with Gasteiger partial charge in [-0.2, -0.15) is 0 Å². The average molecular weight is 267 g/mol. The fraction of sp³-hybridized carbons (Fsp3) is 0.600. The molecule has 1 aliphatic carbocycles. The number of benzene rings is 1. The van der Waals surface area contributed by atoms with Crippen molar-refractivity contribution in [3.8, 4) is 0 Å². The third kappa shape index (κ3) is 2.65. The van der Waals surface area contributed by atoms with Crippen LogP contribution in [0.3, 0.4) is 0 Å². The predicted octanol–water partition coefficient (Wildman–Crippen LogP) is 3.91. The van der Waals surface area contributed by atoms with E-state index < -0.39 is 0 Å². The summed E-state index contributed by atoms with van der Waals surface area (Å²) in [5, 5.41) is 4.41. The highest BCUT2D eigenvalue weighted by atomic mass is 35.5. The van der Waals surface area contributed by atoms with Gasteiger partial charge in [-0.25, -0.2) is 0 Å². The quantitative estimate of drug-likeness (QED) is 0.871. The summed E-state index contributed by atoms with van der Waals surface area (Å²) in [4.78, 5) is 0. The monoisotopic (exact) mass is 266 g/mol. The zero-order valence-electron chi connectivity index (χ0n) is 11.2. The lowest BCUT2D eigenvalue weighted by Crippen LogP contribution is -2.54. The summed E-state index contributed by atoms with van der Waals surface area (Å²) in [6, 6.07) is 7.92. The Hall–Kier alpha value is -0.730. The Morgan fingerprint density at radius 2 is 2.06 bits per heavy atom. The van der Waals surface area contributed by atoms with E-state index in [1.54, 1.807) is 0 Å². The molecule has 1 aliphatic rings. The van der Waals surface area contributed by atoms with Crippen molar-refractivity contribution in [1.82, 2.24) is 0 Å². The molecule has 2 rings (SSSR count). The van der Waals surface area contributed by atoms with E-state index in [2.05, 4.69) is 19.2 Å². The van der Waals surface area contributed by atoms with Gasteiger partial charge in [0, 0.05) is 6.54 Å². The zero-order valence-corrected chi connectivity index (χ0v) is 12.0. The topological polar surface area (TPSA) is 38.0 Å². The van der Waals surface area contributed by atoms with Gasteiger partial charge in [0.15, 0.2) is 0 Å². The summed E-state index contributed by atoms with van der Waals surface area (Å²) in [6.45, 7) is 5.26. The van der Waals surface area contributed by atoms with Gasteiger partial charge >= 0.3 is 0 Å². The average Bonchev–Trinajstić information content (AvgIpc) is 2.36. The zero-order chi connectivity index (χ0) is 13.2. The molecule has 0 heterocycles. The predicted molar refractivity (Wildman–Crippen MR) is 79.0 cm³/mol. The van der Waals surface area contributed by atoms with Crippen LogP contribution in [0.2, 0.25) is 5.02 Å². The van der Waals surface area contributed by atoms with Crippen LogP contribution in [0.1, 0.15) is 33.1 Å². The first kappa shape index (κ1) is 13.7. The van der Waals surface area contributed by atoms with E-state index in [9.17, 15) is 0 Å². The Morgan fingerprint density at radius 3 is 2.72 bits per heavy atom. The Labute approximate surface area is 115 Å². The first-order valence-electron chi connectivity index (χ1n) is 6.80.